The van der Waals surface area contributed by atoms with E-state index in [-0.39, 0.29) is 17.3 Å². The molecule has 2 rings (SSSR count). The summed E-state index contributed by atoms with van der Waals surface area (Å²) in [7, 11) is 1.35. The van der Waals surface area contributed by atoms with E-state index in [0.29, 0.717) is 10.9 Å². The van der Waals surface area contributed by atoms with Crippen molar-refractivity contribution in [3.8, 4) is 0 Å². The molecule has 6 nitrogen and oxygen atoms in total. The lowest BCUT2D eigenvalue weighted by molar-refractivity contribution is -0.141. The van der Waals surface area contributed by atoms with E-state index in [1.54, 1.807) is 0 Å². The lowest BCUT2D eigenvalue weighted by atomic mass is 10.0. The van der Waals surface area contributed by atoms with E-state index in [1.165, 1.54) is 24.9 Å². The van der Waals surface area contributed by atoms with Crippen molar-refractivity contribution < 1.29 is 9.53 Å². The summed E-state index contributed by atoms with van der Waals surface area (Å²) < 4.78 is 4.83. The van der Waals surface area contributed by atoms with E-state index in [2.05, 4.69) is 9.97 Å². The van der Waals surface area contributed by atoms with Crippen LogP contribution in [-0.4, -0.2) is 28.8 Å². The van der Waals surface area contributed by atoms with Crippen molar-refractivity contribution in [2.45, 2.75) is 11.1 Å². The maximum atomic E-state index is 11.9. The predicted octanol–water partition coefficient (Wildman–Crippen LogP) is 1.40. The van der Waals surface area contributed by atoms with Crippen LogP contribution in [0.25, 0.3) is 0 Å². The highest BCUT2D eigenvalue weighted by Gasteiger charge is 2.22. The largest absolute Gasteiger partial charge is 0.469 e. The Morgan fingerprint density at radius 3 is 2.76 bits per heavy atom. The van der Waals surface area contributed by atoms with Gasteiger partial charge >= 0.3 is 5.97 Å². The van der Waals surface area contributed by atoms with Crippen molar-refractivity contribution in [3.63, 3.8) is 0 Å². The number of nitrogens with one attached hydrogen (secondary N) is 1. The minimum absolute atomic E-state index is 0.149. The zero-order valence-corrected chi connectivity index (χ0v) is 12.2. The highest BCUT2D eigenvalue weighted by molar-refractivity contribution is 7.99. The van der Waals surface area contributed by atoms with Crippen molar-refractivity contribution in [2.75, 3.05) is 18.6 Å². The Balaban J connectivity index is 2.16. The Kier molecular flexibility index (Phi) is 4.99. The zero-order chi connectivity index (χ0) is 15.2. The fraction of sp³-hybridized carbons (Fsp3) is 0.214. The molecule has 0 aliphatic carbocycles. The van der Waals surface area contributed by atoms with Crippen molar-refractivity contribution in [2.24, 2.45) is 0 Å². The summed E-state index contributed by atoms with van der Waals surface area (Å²) in [4.78, 5) is 29.8. The molecule has 0 aliphatic rings. The smallest absolute Gasteiger partial charge is 0.313 e. The molecule has 1 aromatic carbocycles. The third-order valence-electron chi connectivity index (χ3n) is 2.81. The third kappa shape index (κ3) is 4.09. The standard InChI is InChI=1S/C14H15N3O3S/c1-20-13(19)10(9-5-3-2-4-6-9)8-21-14-16-11(15)7-12(18)17-14/h2-7,10H,8H2,1H3,(H3,15,16,17,18). The second-order valence-electron chi connectivity index (χ2n) is 4.27. The molecule has 1 unspecified atom stereocenters. The highest BCUT2D eigenvalue weighted by atomic mass is 32.2. The number of hydrogen-bond donors (Lipinski definition) is 2. The molecule has 0 bridgehead atoms. The molecule has 0 spiro atoms. The molecule has 0 amide bonds. The molecule has 0 fully saturated rings. The number of H-pyrrole nitrogens is 1. The van der Waals surface area contributed by atoms with E-state index in [0.717, 1.165) is 5.56 Å². The summed E-state index contributed by atoms with van der Waals surface area (Å²) >= 11 is 1.25. The summed E-state index contributed by atoms with van der Waals surface area (Å²) in [6.07, 6.45) is 0. The number of thioether (sulfide) groups is 1. The molecule has 2 aromatic rings. The summed E-state index contributed by atoms with van der Waals surface area (Å²) in [6.45, 7) is 0. The van der Waals surface area contributed by atoms with Crippen molar-refractivity contribution >= 4 is 23.5 Å². The van der Waals surface area contributed by atoms with Gasteiger partial charge in [0.15, 0.2) is 5.16 Å². The number of carbonyl (C=O) groups excluding carboxylic acids is 1. The Morgan fingerprint density at radius 2 is 2.14 bits per heavy atom. The van der Waals surface area contributed by atoms with E-state index in [1.807, 2.05) is 30.3 Å². The average molecular weight is 305 g/mol. The van der Waals surface area contributed by atoms with Crippen LogP contribution in [0.15, 0.2) is 46.3 Å². The maximum Gasteiger partial charge on any atom is 0.313 e. The third-order valence-corrected chi connectivity index (χ3v) is 3.78. The molecule has 0 aliphatic heterocycles. The fourth-order valence-corrected chi connectivity index (χ4v) is 2.81. The van der Waals surface area contributed by atoms with Gasteiger partial charge in [0.05, 0.1) is 13.0 Å². The molecular weight excluding hydrogens is 290 g/mol. The predicted molar refractivity (Wildman–Crippen MR) is 81.2 cm³/mol. The van der Waals surface area contributed by atoms with Gasteiger partial charge < -0.3 is 15.5 Å². The SMILES string of the molecule is COC(=O)C(CSc1nc(N)cc(=O)[nH]1)c1ccccc1. The van der Waals surface area contributed by atoms with Gasteiger partial charge in [0.1, 0.15) is 5.82 Å². The normalized spacial score (nSPS) is 11.9. The summed E-state index contributed by atoms with van der Waals surface area (Å²) in [5.74, 6) is -0.230. The van der Waals surface area contributed by atoms with E-state index < -0.39 is 5.92 Å². The molecular formula is C14H15N3O3S. The van der Waals surface area contributed by atoms with Crippen LogP contribution in [0, 0.1) is 0 Å². The number of rotatable bonds is 5. The van der Waals surface area contributed by atoms with Gasteiger partial charge in [-0.2, -0.15) is 0 Å². The number of nitrogens with two attached hydrogens (primary N) is 1. The fourth-order valence-electron chi connectivity index (χ4n) is 1.81. The van der Waals surface area contributed by atoms with Gasteiger partial charge in [-0.25, -0.2) is 4.98 Å². The second-order valence-corrected chi connectivity index (χ2v) is 5.28. The van der Waals surface area contributed by atoms with Crippen LogP contribution in [0.4, 0.5) is 5.82 Å². The number of ether oxygens (including phenoxy) is 1. The monoisotopic (exact) mass is 305 g/mol. The number of nitrogens with zero attached hydrogens (tertiary/aromatic N) is 1. The van der Waals surface area contributed by atoms with E-state index in [9.17, 15) is 9.59 Å². The van der Waals surface area contributed by atoms with Gasteiger partial charge in [-0.1, -0.05) is 42.1 Å². The number of carbonyl (C=O) groups is 1. The highest BCUT2D eigenvalue weighted by Crippen LogP contribution is 2.25. The first-order chi connectivity index (χ1) is 10.1. The molecule has 1 atom stereocenters. The lowest BCUT2D eigenvalue weighted by Gasteiger charge is -2.14. The van der Waals surface area contributed by atoms with Crippen LogP contribution in [0.3, 0.4) is 0 Å². The number of anilines is 1. The first-order valence-electron chi connectivity index (χ1n) is 6.22. The number of methoxy groups -OCH3 is 1. The molecule has 0 saturated carbocycles. The van der Waals surface area contributed by atoms with Gasteiger partial charge in [-0.3, -0.25) is 9.59 Å². The van der Waals surface area contributed by atoms with Gasteiger partial charge in [-0.15, -0.1) is 0 Å². The van der Waals surface area contributed by atoms with Crippen LogP contribution in [0.5, 0.6) is 0 Å². The van der Waals surface area contributed by atoms with Crippen LogP contribution in [0.2, 0.25) is 0 Å². The average Bonchev–Trinajstić information content (AvgIpc) is 2.47. The quantitative estimate of drug-likeness (QED) is 0.492. The second kappa shape index (κ2) is 6.94. The van der Waals surface area contributed by atoms with Crippen molar-refractivity contribution in [1.29, 1.82) is 0 Å². The Bertz CT molecular complexity index is 673. The van der Waals surface area contributed by atoms with E-state index >= 15 is 0 Å². The van der Waals surface area contributed by atoms with Gasteiger partial charge in [0, 0.05) is 11.8 Å². The molecule has 21 heavy (non-hydrogen) atoms. The van der Waals surface area contributed by atoms with Gasteiger partial charge in [0.2, 0.25) is 0 Å². The summed E-state index contributed by atoms with van der Waals surface area (Å²) in [6, 6.07) is 10.5. The summed E-state index contributed by atoms with van der Waals surface area (Å²) in [5, 5.41) is 0.379. The molecule has 110 valence electrons. The number of esters is 1. The molecule has 1 aromatic heterocycles. The first kappa shape index (κ1) is 15.1. The molecule has 0 saturated heterocycles. The van der Waals surface area contributed by atoms with Crippen LogP contribution in [0.1, 0.15) is 11.5 Å². The molecule has 7 heteroatoms. The van der Waals surface area contributed by atoms with Crippen LogP contribution >= 0.6 is 11.8 Å². The number of aromatic nitrogens is 2. The number of hydrogen-bond acceptors (Lipinski definition) is 6. The zero-order valence-electron chi connectivity index (χ0n) is 11.4. The first-order valence-corrected chi connectivity index (χ1v) is 7.21. The summed E-state index contributed by atoms with van der Waals surface area (Å²) in [5.41, 5.74) is 6.06. The van der Waals surface area contributed by atoms with Crippen molar-refractivity contribution in [1.82, 2.24) is 9.97 Å². The topological polar surface area (TPSA) is 98.1 Å². The van der Waals surface area contributed by atoms with Gasteiger partial charge in [-0.05, 0) is 5.56 Å². The van der Waals surface area contributed by atoms with E-state index in [4.69, 9.17) is 10.5 Å². The minimum atomic E-state index is -0.437. The Hall–Kier alpha value is -2.28. The number of aromatic amines is 1. The Morgan fingerprint density at radius 1 is 1.43 bits per heavy atom. The lowest BCUT2D eigenvalue weighted by Crippen LogP contribution is -2.17. The molecule has 1 heterocycles. The minimum Gasteiger partial charge on any atom is -0.469 e. The van der Waals surface area contributed by atoms with Crippen LogP contribution in [-0.2, 0) is 9.53 Å². The Labute approximate surface area is 125 Å². The number of benzene rings is 1. The molecule has 3 N–H and O–H groups in total. The van der Waals surface area contributed by atoms with Gasteiger partial charge in [0.25, 0.3) is 5.56 Å². The maximum absolute atomic E-state index is 11.9. The molecule has 0 radical (unpaired) electrons. The van der Waals surface area contributed by atoms with Crippen molar-refractivity contribution in [3.05, 3.63) is 52.3 Å². The number of nitrogen functional groups attached to an aromatic ring is 1. The van der Waals surface area contributed by atoms with Crippen LogP contribution < -0.4 is 11.3 Å².